The normalized spacial score (nSPS) is 14.5. The Morgan fingerprint density at radius 1 is 1.14 bits per heavy atom. The average Bonchev–Trinajstić information content (AvgIpc) is 3.62. The minimum atomic E-state index is 0.277. The number of halogens is 1. The fourth-order valence-corrected chi connectivity index (χ4v) is 5.22. The Morgan fingerprint density at radius 3 is 2.73 bits per heavy atom. The number of nitrogens with one attached hydrogen (secondary N) is 2. The van der Waals surface area contributed by atoms with Gasteiger partial charge >= 0.3 is 0 Å². The lowest BCUT2D eigenvalue weighted by Crippen LogP contribution is -2.34. The fourth-order valence-electron chi connectivity index (χ4n) is 4.94. The predicted octanol–water partition coefficient (Wildman–Crippen LogP) is 3.57. The van der Waals surface area contributed by atoms with E-state index in [1.54, 1.807) is 7.11 Å². The number of pyridine rings is 1. The third-order valence-corrected chi connectivity index (χ3v) is 7.18. The molecule has 0 radical (unpaired) electrons. The third-order valence-electron chi connectivity index (χ3n) is 6.89. The Morgan fingerprint density at radius 2 is 2.00 bits per heavy atom. The maximum absolute atomic E-state index is 6.33. The van der Waals surface area contributed by atoms with E-state index in [0.717, 1.165) is 71.5 Å². The topological polar surface area (TPSA) is 135 Å². The van der Waals surface area contributed by atoms with Crippen LogP contribution in [0.1, 0.15) is 37.1 Å². The molecule has 2 N–H and O–H groups in total. The summed E-state index contributed by atoms with van der Waals surface area (Å²) in [5.41, 5.74) is 1.82. The number of benzene rings is 1. The number of rotatable bonds is 7. The number of aryl methyl sites for hydroxylation is 1. The van der Waals surface area contributed by atoms with Gasteiger partial charge in [0.05, 0.1) is 23.7 Å². The van der Waals surface area contributed by atoms with Crippen LogP contribution in [0.25, 0.3) is 21.8 Å². The van der Waals surface area contributed by atoms with Gasteiger partial charge in [-0.1, -0.05) is 22.9 Å². The Bertz CT molecular complexity index is 1540. The van der Waals surface area contributed by atoms with E-state index in [9.17, 15) is 0 Å². The van der Waals surface area contributed by atoms with Crippen LogP contribution in [0.5, 0.6) is 5.75 Å². The van der Waals surface area contributed by atoms with Crippen molar-refractivity contribution in [1.82, 2.24) is 45.6 Å². The lowest BCUT2D eigenvalue weighted by molar-refractivity contribution is 0.415. The maximum Gasteiger partial charge on any atom is 0.177 e. The summed E-state index contributed by atoms with van der Waals surface area (Å²) in [6.07, 6.45) is 5.56. The molecule has 1 saturated heterocycles. The van der Waals surface area contributed by atoms with E-state index in [4.69, 9.17) is 21.3 Å². The summed E-state index contributed by atoms with van der Waals surface area (Å²) in [6.45, 7) is 4.92. The number of hydrogen-bond acceptors (Lipinski definition) is 10. The second-order valence-electron chi connectivity index (χ2n) is 8.97. The van der Waals surface area contributed by atoms with E-state index >= 15 is 0 Å². The largest absolute Gasteiger partial charge is 0.495 e. The van der Waals surface area contributed by atoms with Gasteiger partial charge in [-0.05, 0) is 37.5 Å². The van der Waals surface area contributed by atoms with Crippen molar-refractivity contribution in [3.63, 3.8) is 0 Å². The lowest BCUT2D eigenvalue weighted by Gasteiger charge is -2.32. The third kappa shape index (κ3) is 4.26. The van der Waals surface area contributed by atoms with Crippen molar-refractivity contribution in [2.45, 2.75) is 38.8 Å². The van der Waals surface area contributed by atoms with Gasteiger partial charge in [-0.2, -0.15) is 10.3 Å². The first kappa shape index (κ1) is 23.3. The minimum absolute atomic E-state index is 0.277. The molecule has 0 bridgehead atoms. The first-order valence-corrected chi connectivity index (χ1v) is 12.6. The van der Waals surface area contributed by atoms with Gasteiger partial charge in [0.2, 0.25) is 0 Å². The molecule has 0 atom stereocenters. The second-order valence-corrected chi connectivity index (χ2v) is 9.38. The zero-order valence-corrected chi connectivity index (χ0v) is 21.3. The standard InChI is InChI=1S/C24H26ClN11O/c1-3-36-23-17(13-28-36)20-16(12-27-23)24(35-8-6-15(7-9-35)21-30-33-34-31-21)32-29-22(20)26-11-14-4-5-19(37-2)18(25)10-14/h4-5,10,12-13,15H,3,6-9,11H2,1-2H3,(H,26,29)(H,30,31,33,34). The summed E-state index contributed by atoms with van der Waals surface area (Å²) in [4.78, 5) is 7.02. The van der Waals surface area contributed by atoms with E-state index in [-0.39, 0.29) is 5.92 Å². The molecule has 0 amide bonds. The van der Waals surface area contributed by atoms with Gasteiger partial charge in [-0.25, -0.2) is 9.67 Å². The molecule has 5 aromatic rings. The lowest BCUT2D eigenvalue weighted by atomic mass is 9.96. The van der Waals surface area contributed by atoms with Crippen molar-refractivity contribution in [2.75, 3.05) is 30.4 Å². The van der Waals surface area contributed by atoms with Gasteiger partial charge in [0, 0.05) is 49.1 Å². The van der Waals surface area contributed by atoms with Crippen LogP contribution in [-0.4, -0.2) is 65.8 Å². The molecule has 37 heavy (non-hydrogen) atoms. The number of fused-ring (bicyclic) bond motifs is 3. The zero-order valence-electron chi connectivity index (χ0n) is 20.5. The van der Waals surface area contributed by atoms with Crippen LogP contribution < -0.4 is 15.0 Å². The minimum Gasteiger partial charge on any atom is -0.495 e. The molecule has 13 heteroatoms. The SMILES string of the molecule is CCn1ncc2c3c(NCc4ccc(OC)c(Cl)c4)nnc(N4CCC(c5nn[nH]n5)CC4)c3cnc21. The predicted molar refractivity (Wildman–Crippen MR) is 140 cm³/mol. The van der Waals surface area contributed by atoms with Crippen molar-refractivity contribution < 1.29 is 4.74 Å². The smallest absolute Gasteiger partial charge is 0.177 e. The molecule has 0 spiro atoms. The highest BCUT2D eigenvalue weighted by atomic mass is 35.5. The van der Waals surface area contributed by atoms with Crippen LogP contribution in [0.3, 0.4) is 0 Å². The van der Waals surface area contributed by atoms with Crippen molar-refractivity contribution in [3.05, 3.63) is 47.0 Å². The maximum atomic E-state index is 6.33. The van der Waals surface area contributed by atoms with Crippen LogP contribution in [0.2, 0.25) is 5.02 Å². The molecule has 190 valence electrons. The first-order valence-electron chi connectivity index (χ1n) is 12.2. The number of aromatic amines is 1. The van der Waals surface area contributed by atoms with Crippen LogP contribution in [-0.2, 0) is 13.1 Å². The molecule has 12 nitrogen and oxygen atoms in total. The Kier molecular flexibility index (Phi) is 6.16. The van der Waals surface area contributed by atoms with Crippen LogP contribution in [0.4, 0.5) is 11.6 Å². The van der Waals surface area contributed by atoms with Crippen LogP contribution >= 0.6 is 11.6 Å². The number of H-pyrrole nitrogens is 1. The summed E-state index contributed by atoms with van der Waals surface area (Å²) in [7, 11) is 1.60. The van der Waals surface area contributed by atoms with E-state index in [0.29, 0.717) is 23.1 Å². The van der Waals surface area contributed by atoms with Crippen molar-refractivity contribution >= 4 is 45.0 Å². The molecule has 1 aliphatic rings. The zero-order chi connectivity index (χ0) is 25.4. The van der Waals surface area contributed by atoms with E-state index < -0.39 is 0 Å². The molecule has 1 fully saturated rings. The summed E-state index contributed by atoms with van der Waals surface area (Å²) < 4.78 is 7.16. The molecule has 0 aliphatic carbocycles. The number of methoxy groups -OCH3 is 1. The monoisotopic (exact) mass is 519 g/mol. The molecular weight excluding hydrogens is 494 g/mol. The molecule has 0 saturated carbocycles. The number of ether oxygens (including phenoxy) is 1. The number of nitrogens with zero attached hydrogens (tertiary/aromatic N) is 9. The van der Waals surface area contributed by atoms with Gasteiger partial charge in [-0.3, -0.25) is 0 Å². The number of tetrazole rings is 1. The van der Waals surface area contributed by atoms with Gasteiger partial charge in [0.25, 0.3) is 0 Å². The van der Waals surface area contributed by atoms with Crippen LogP contribution in [0.15, 0.2) is 30.6 Å². The number of anilines is 2. The molecule has 5 heterocycles. The fraction of sp³-hybridized carbons (Fsp3) is 0.375. The van der Waals surface area contributed by atoms with Crippen LogP contribution in [0, 0.1) is 0 Å². The highest BCUT2D eigenvalue weighted by molar-refractivity contribution is 6.32. The molecule has 4 aromatic heterocycles. The Balaban J connectivity index is 1.35. The molecule has 6 rings (SSSR count). The molecule has 0 unspecified atom stereocenters. The van der Waals surface area contributed by atoms with Gasteiger partial charge in [0.1, 0.15) is 5.75 Å². The van der Waals surface area contributed by atoms with E-state index in [1.165, 1.54) is 0 Å². The Labute approximate surface area is 217 Å². The summed E-state index contributed by atoms with van der Waals surface area (Å²) in [6, 6.07) is 5.72. The van der Waals surface area contributed by atoms with Gasteiger partial charge in [-0.15, -0.1) is 20.4 Å². The van der Waals surface area contributed by atoms with Gasteiger partial charge < -0.3 is 15.0 Å². The second kappa shape index (κ2) is 9.77. The molecular formula is C24H26ClN11O. The summed E-state index contributed by atoms with van der Waals surface area (Å²) in [5, 5.41) is 35.3. The van der Waals surface area contributed by atoms with Gasteiger partial charge in [0.15, 0.2) is 23.1 Å². The average molecular weight is 520 g/mol. The van der Waals surface area contributed by atoms with Crippen molar-refractivity contribution in [2.24, 2.45) is 0 Å². The number of hydrogen-bond donors (Lipinski definition) is 2. The first-order chi connectivity index (χ1) is 18.2. The quantitative estimate of drug-likeness (QED) is 0.328. The Hall–Kier alpha value is -4.06. The van der Waals surface area contributed by atoms with E-state index in [2.05, 4.69) is 53.1 Å². The highest BCUT2D eigenvalue weighted by Crippen LogP contribution is 2.36. The molecule has 1 aromatic carbocycles. The van der Waals surface area contributed by atoms with E-state index in [1.807, 2.05) is 35.3 Å². The van der Waals surface area contributed by atoms with Crippen molar-refractivity contribution in [1.29, 1.82) is 0 Å². The highest BCUT2D eigenvalue weighted by Gasteiger charge is 2.27. The van der Waals surface area contributed by atoms with Crippen molar-refractivity contribution in [3.8, 4) is 5.75 Å². The molecule has 1 aliphatic heterocycles. The summed E-state index contributed by atoms with van der Waals surface area (Å²) >= 11 is 6.33. The summed E-state index contributed by atoms with van der Waals surface area (Å²) in [5.74, 6) is 3.18. The number of piperidine rings is 1. The number of aromatic nitrogens is 9.